The highest BCUT2D eigenvalue weighted by atomic mass is 35.5. The molecule has 0 aliphatic carbocycles. The molecule has 0 unspecified atom stereocenters. The lowest BCUT2D eigenvalue weighted by molar-refractivity contribution is 0.0950. The fourth-order valence-corrected chi connectivity index (χ4v) is 4.09. The Balaban J connectivity index is 1.78. The molecule has 0 aliphatic rings. The summed E-state index contributed by atoms with van der Waals surface area (Å²) in [5, 5.41) is 3.41. The molecular weight excluding hydrogens is 396 g/mol. The Kier molecular flexibility index (Phi) is 6.02. The number of aryl methyl sites for hydroxylation is 1. The lowest BCUT2D eigenvalue weighted by Crippen LogP contribution is -2.23. The smallest absolute Gasteiger partial charge is 0.262 e. The molecule has 28 heavy (non-hydrogen) atoms. The van der Waals surface area contributed by atoms with E-state index in [2.05, 4.69) is 10.0 Å². The second-order valence-electron chi connectivity index (χ2n) is 6.26. The Hall–Kier alpha value is -2.83. The van der Waals surface area contributed by atoms with E-state index in [1.807, 2.05) is 12.1 Å². The lowest BCUT2D eigenvalue weighted by atomic mass is 10.1. The number of amides is 1. The predicted octanol–water partition coefficient (Wildman–Crippen LogP) is 4.38. The summed E-state index contributed by atoms with van der Waals surface area (Å²) in [6.07, 6.45) is 0. The minimum absolute atomic E-state index is 0.0653. The van der Waals surface area contributed by atoms with Crippen molar-refractivity contribution in [3.63, 3.8) is 0 Å². The van der Waals surface area contributed by atoms with Crippen LogP contribution >= 0.6 is 11.6 Å². The molecule has 5 nitrogen and oxygen atoms in total. The van der Waals surface area contributed by atoms with Crippen LogP contribution in [0.2, 0.25) is 5.02 Å². The van der Waals surface area contributed by atoms with Crippen molar-refractivity contribution in [1.29, 1.82) is 0 Å². The van der Waals surface area contributed by atoms with Crippen molar-refractivity contribution in [2.24, 2.45) is 0 Å². The van der Waals surface area contributed by atoms with E-state index in [1.54, 1.807) is 61.5 Å². The average molecular weight is 415 g/mol. The van der Waals surface area contributed by atoms with E-state index in [-0.39, 0.29) is 16.4 Å². The zero-order valence-corrected chi connectivity index (χ0v) is 16.7. The van der Waals surface area contributed by atoms with Crippen molar-refractivity contribution < 1.29 is 13.2 Å². The van der Waals surface area contributed by atoms with E-state index in [4.69, 9.17) is 11.6 Å². The third-order valence-corrected chi connectivity index (χ3v) is 5.91. The van der Waals surface area contributed by atoms with Crippen molar-refractivity contribution in [2.45, 2.75) is 18.4 Å². The third-order valence-electron chi connectivity index (χ3n) is 4.13. The van der Waals surface area contributed by atoms with Gasteiger partial charge in [0.1, 0.15) is 0 Å². The van der Waals surface area contributed by atoms with Crippen LogP contribution in [-0.2, 0) is 16.6 Å². The summed E-state index contributed by atoms with van der Waals surface area (Å²) in [5.41, 5.74) is 2.17. The molecule has 144 valence electrons. The highest BCUT2D eigenvalue weighted by Gasteiger charge is 2.19. The third kappa shape index (κ3) is 4.91. The van der Waals surface area contributed by atoms with Crippen LogP contribution in [0.3, 0.4) is 0 Å². The molecule has 0 aliphatic heterocycles. The standard InChI is InChI=1S/C21H19ClN2O3S/c1-15-7-10-17(21(25)23-14-16-8-11-18(22)12-9-16)13-20(15)28(26,27)24-19-5-3-2-4-6-19/h2-13,24H,14H2,1H3,(H,23,25). The number of hydrogen-bond acceptors (Lipinski definition) is 3. The van der Waals surface area contributed by atoms with E-state index in [9.17, 15) is 13.2 Å². The van der Waals surface area contributed by atoms with Crippen LogP contribution in [0.25, 0.3) is 0 Å². The summed E-state index contributed by atoms with van der Waals surface area (Å²) >= 11 is 5.85. The first-order valence-electron chi connectivity index (χ1n) is 8.56. The maximum atomic E-state index is 12.8. The van der Waals surface area contributed by atoms with Crippen molar-refractivity contribution >= 4 is 33.2 Å². The molecule has 0 saturated heterocycles. The average Bonchev–Trinajstić information content (AvgIpc) is 2.68. The second kappa shape index (κ2) is 8.46. The Labute approximate surface area is 169 Å². The number of halogens is 1. The Morgan fingerprint density at radius 3 is 2.32 bits per heavy atom. The summed E-state index contributed by atoms with van der Waals surface area (Å²) in [6.45, 7) is 2.00. The van der Waals surface area contributed by atoms with Gasteiger partial charge in [0.25, 0.3) is 15.9 Å². The van der Waals surface area contributed by atoms with Gasteiger partial charge in [0.15, 0.2) is 0 Å². The summed E-state index contributed by atoms with van der Waals surface area (Å²) in [5.74, 6) is -0.355. The van der Waals surface area contributed by atoms with Gasteiger partial charge in [-0.3, -0.25) is 9.52 Å². The molecule has 0 saturated carbocycles. The lowest BCUT2D eigenvalue weighted by Gasteiger charge is -2.12. The first-order valence-corrected chi connectivity index (χ1v) is 10.4. The Bertz CT molecular complexity index is 1080. The molecule has 1 amide bonds. The number of anilines is 1. The molecule has 3 aromatic rings. The zero-order chi connectivity index (χ0) is 20.1. The van der Waals surface area contributed by atoms with Gasteiger partial charge in [0, 0.05) is 22.8 Å². The van der Waals surface area contributed by atoms with Gasteiger partial charge in [-0.15, -0.1) is 0 Å². The molecule has 7 heteroatoms. The van der Waals surface area contributed by atoms with Gasteiger partial charge in [-0.1, -0.05) is 48.0 Å². The molecule has 0 bridgehead atoms. The van der Waals surface area contributed by atoms with E-state index in [0.29, 0.717) is 22.8 Å². The number of nitrogens with one attached hydrogen (secondary N) is 2. The Morgan fingerprint density at radius 2 is 1.64 bits per heavy atom. The molecule has 2 N–H and O–H groups in total. The quantitative estimate of drug-likeness (QED) is 0.628. The number of rotatable bonds is 6. The predicted molar refractivity (Wildman–Crippen MR) is 111 cm³/mol. The van der Waals surface area contributed by atoms with Gasteiger partial charge in [-0.2, -0.15) is 0 Å². The highest BCUT2D eigenvalue weighted by Crippen LogP contribution is 2.21. The first kappa shape index (κ1) is 19.9. The zero-order valence-electron chi connectivity index (χ0n) is 15.1. The van der Waals surface area contributed by atoms with Crippen LogP contribution in [0, 0.1) is 6.92 Å². The molecule has 0 fully saturated rings. The van der Waals surface area contributed by atoms with Gasteiger partial charge in [-0.25, -0.2) is 8.42 Å². The molecule has 0 atom stereocenters. The maximum Gasteiger partial charge on any atom is 0.262 e. The fraction of sp³-hybridized carbons (Fsp3) is 0.0952. The van der Waals surface area contributed by atoms with Crippen molar-refractivity contribution in [2.75, 3.05) is 4.72 Å². The molecule has 0 heterocycles. The first-order chi connectivity index (χ1) is 13.3. The maximum absolute atomic E-state index is 12.8. The molecule has 0 spiro atoms. The van der Waals surface area contributed by atoms with Crippen molar-refractivity contribution in [3.8, 4) is 0 Å². The second-order valence-corrected chi connectivity index (χ2v) is 8.35. The van der Waals surface area contributed by atoms with Crippen LogP contribution in [-0.4, -0.2) is 14.3 Å². The molecule has 3 aromatic carbocycles. The van der Waals surface area contributed by atoms with Gasteiger partial charge in [0.2, 0.25) is 0 Å². The van der Waals surface area contributed by atoms with E-state index < -0.39 is 10.0 Å². The summed E-state index contributed by atoms with van der Waals surface area (Å²) in [4.78, 5) is 12.5. The van der Waals surface area contributed by atoms with Gasteiger partial charge in [0.05, 0.1) is 4.90 Å². The molecule has 0 radical (unpaired) electrons. The van der Waals surface area contributed by atoms with Crippen LogP contribution < -0.4 is 10.0 Å². The molecule has 0 aromatic heterocycles. The number of para-hydroxylation sites is 1. The summed E-state index contributed by atoms with van der Waals surface area (Å²) < 4.78 is 28.0. The van der Waals surface area contributed by atoms with E-state index in [1.165, 1.54) is 6.07 Å². The number of hydrogen-bond donors (Lipinski definition) is 2. The Morgan fingerprint density at radius 1 is 0.964 bits per heavy atom. The fourth-order valence-electron chi connectivity index (χ4n) is 2.63. The van der Waals surface area contributed by atoms with Crippen molar-refractivity contribution in [3.05, 3.63) is 94.5 Å². The van der Waals surface area contributed by atoms with Crippen molar-refractivity contribution in [1.82, 2.24) is 5.32 Å². The monoisotopic (exact) mass is 414 g/mol. The van der Waals surface area contributed by atoms with E-state index in [0.717, 1.165) is 5.56 Å². The van der Waals surface area contributed by atoms with Crippen LogP contribution in [0.5, 0.6) is 0 Å². The number of sulfonamides is 1. The van der Waals surface area contributed by atoms with Gasteiger partial charge >= 0.3 is 0 Å². The number of carbonyl (C=O) groups excluding carboxylic acids is 1. The van der Waals surface area contributed by atoms with Crippen LogP contribution in [0.4, 0.5) is 5.69 Å². The number of benzene rings is 3. The normalized spacial score (nSPS) is 11.1. The van der Waals surface area contributed by atoms with Gasteiger partial charge in [-0.05, 0) is 54.4 Å². The molecule has 3 rings (SSSR count). The summed E-state index contributed by atoms with van der Waals surface area (Å²) in [7, 11) is -3.82. The minimum Gasteiger partial charge on any atom is -0.348 e. The molecular formula is C21H19ClN2O3S. The highest BCUT2D eigenvalue weighted by molar-refractivity contribution is 7.92. The van der Waals surface area contributed by atoms with Gasteiger partial charge < -0.3 is 5.32 Å². The minimum atomic E-state index is -3.82. The number of carbonyl (C=O) groups is 1. The SMILES string of the molecule is Cc1ccc(C(=O)NCc2ccc(Cl)cc2)cc1S(=O)(=O)Nc1ccccc1. The van der Waals surface area contributed by atoms with E-state index >= 15 is 0 Å². The van der Waals surface area contributed by atoms with Crippen LogP contribution in [0.1, 0.15) is 21.5 Å². The topological polar surface area (TPSA) is 75.3 Å². The largest absolute Gasteiger partial charge is 0.348 e. The summed E-state index contributed by atoms with van der Waals surface area (Å²) in [6, 6.07) is 20.3. The van der Waals surface area contributed by atoms with Crippen LogP contribution in [0.15, 0.2) is 77.7 Å².